The minimum atomic E-state index is -4.38. The highest BCUT2D eigenvalue weighted by Crippen LogP contribution is 2.17. The lowest BCUT2D eigenvalue weighted by Gasteiger charge is -2.33. The second-order valence-corrected chi connectivity index (χ2v) is 7.78. The van der Waals surface area contributed by atoms with Crippen molar-refractivity contribution >= 4 is 29.9 Å². The first-order chi connectivity index (χ1) is 15.4. The lowest BCUT2D eigenvalue weighted by Crippen LogP contribution is -2.48. The molecule has 2 N–H and O–H groups in total. The molecule has 182 valence electrons. The van der Waals surface area contributed by atoms with Gasteiger partial charge >= 0.3 is 6.18 Å². The van der Waals surface area contributed by atoms with Gasteiger partial charge < -0.3 is 15.4 Å². The summed E-state index contributed by atoms with van der Waals surface area (Å²) < 4.78 is 41.3. The van der Waals surface area contributed by atoms with Crippen molar-refractivity contribution in [3.05, 3.63) is 59.8 Å². The molecule has 0 unspecified atom stereocenters. The van der Waals surface area contributed by atoms with E-state index in [1.54, 1.807) is 6.07 Å². The summed E-state index contributed by atoms with van der Waals surface area (Å²) in [6.07, 6.45) is -0.830. The number of halogens is 4. The van der Waals surface area contributed by atoms with Gasteiger partial charge in [0.1, 0.15) is 0 Å². The van der Waals surface area contributed by atoms with Crippen LogP contribution < -0.4 is 15.4 Å². The number of benzene rings is 1. The average molecular weight is 577 g/mol. The monoisotopic (exact) mass is 577 g/mol. The number of nitrogens with one attached hydrogen (secondary N) is 2. The summed E-state index contributed by atoms with van der Waals surface area (Å²) in [6.45, 7) is 4.78. The molecule has 0 amide bonds. The van der Waals surface area contributed by atoms with E-state index in [0.29, 0.717) is 12.6 Å². The minimum Gasteiger partial charge on any atom is -0.468 e. The van der Waals surface area contributed by atoms with Gasteiger partial charge in [-0.15, -0.1) is 24.0 Å². The van der Waals surface area contributed by atoms with Gasteiger partial charge in [-0.3, -0.25) is 4.90 Å². The molecule has 0 radical (unpaired) electrons. The predicted molar refractivity (Wildman–Crippen MR) is 134 cm³/mol. The first-order valence-electron chi connectivity index (χ1n) is 10.9. The molecule has 33 heavy (non-hydrogen) atoms. The molecule has 0 aliphatic carbocycles. The number of guanidine groups is 1. The van der Waals surface area contributed by atoms with Crippen LogP contribution in [0.2, 0.25) is 0 Å². The third-order valence-electron chi connectivity index (χ3n) is 5.12. The lowest BCUT2D eigenvalue weighted by atomic mass is 10.0. The Morgan fingerprint density at radius 3 is 2.45 bits per heavy atom. The van der Waals surface area contributed by atoms with Gasteiger partial charge in [0.25, 0.3) is 0 Å². The average Bonchev–Trinajstić information content (AvgIpc) is 2.78. The van der Waals surface area contributed by atoms with E-state index < -0.39 is 12.8 Å². The number of aromatic nitrogens is 1. The largest absolute Gasteiger partial charge is 0.468 e. The number of piperidine rings is 1. The van der Waals surface area contributed by atoms with E-state index in [2.05, 4.69) is 54.5 Å². The maximum absolute atomic E-state index is 12.2. The molecule has 2 heterocycles. The van der Waals surface area contributed by atoms with Gasteiger partial charge in [-0.25, -0.2) is 9.98 Å². The van der Waals surface area contributed by atoms with E-state index in [0.717, 1.165) is 50.5 Å². The van der Waals surface area contributed by atoms with Crippen molar-refractivity contribution in [1.29, 1.82) is 0 Å². The van der Waals surface area contributed by atoms with Gasteiger partial charge in [0, 0.05) is 44.5 Å². The highest BCUT2D eigenvalue weighted by Gasteiger charge is 2.28. The van der Waals surface area contributed by atoms with Crippen LogP contribution in [0.1, 0.15) is 30.9 Å². The maximum Gasteiger partial charge on any atom is 0.422 e. The Labute approximate surface area is 210 Å². The van der Waals surface area contributed by atoms with Crippen molar-refractivity contribution in [1.82, 2.24) is 20.5 Å². The molecule has 1 aromatic carbocycles. The Bertz CT molecular complexity index is 841. The number of rotatable bonds is 8. The molecule has 6 nitrogen and oxygen atoms in total. The van der Waals surface area contributed by atoms with Crippen molar-refractivity contribution in [2.75, 3.05) is 26.2 Å². The summed E-state index contributed by atoms with van der Waals surface area (Å²) in [5.41, 5.74) is 2.12. The zero-order valence-electron chi connectivity index (χ0n) is 18.6. The normalized spacial score (nSPS) is 15.6. The molecule has 10 heteroatoms. The van der Waals surface area contributed by atoms with Gasteiger partial charge in [0.15, 0.2) is 12.6 Å². The Morgan fingerprint density at radius 2 is 1.85 bits per heavy atom. The SMILES string of the molecule is CCNC(=NCc1ccc(OCC(F)(F)F)nc1)NC1CCN(Cc2ccccc2)CC1.I. The number of nitrogens with zero attached hydrogens (tertiary/aromatic N) is 3. The van der Waals surface area contributed by atoms with Gasteiger partial charge in [0.2, 0.25) is 5.88 Å². The van der Waals surface area contributed by atoms with Crippen LogP contribution in [0.25, 0.3) is 0 Å². The molecule has 3 rings (SSSR count). The van der Waals surface area contributed by atoms with Crippen LogP contribution in [0, 0.1) is 0 Å². The van der Waals surface area contributed by atoms with Crippen molar-refractivity contribution in [2.24, 2.45) is 4.99 Å². The molecule has 1 fully saturated rings. The van der Waals surface area contributed by atoms with Crippen LogP contribution in [0.4, 0.5) is 13.2 Å². The Hall–Kier alpha value is -2.08. The second-order valence-electron chi connectivity index (χ2n) is 7.78. The number of hydrogen-bond donors (Lipinski definition) is 2. The second kappa shape index (κ2) is 13.6. The minimum absolute atomic E-state index is 0. The highest BCUT2D eigenvalue weighted by atomic mass is 127. The molecule has 1 saturated heterocycles. The third-order valence-corrected chi connectivity index (χ3v) is 5.12. The number of pyridine rings is 1. The van der Waals surface area contributed by atoms with Gasteiger partial charge in [-0.1, -0.05) is 36.4 Å². The van der Waals surface area contributed by atoms with E-state index in [1.807, 2.05) is 13.0 Å². The van der Waals surface area contributed by atoms with E-state index in [9.17, 15) is 13.2 Å². The first-order valence-corrected chi connectivity index (χ1v) is 10.9. The van der Waals surface area contributed by atoms with Gasteiger partial charge in [0.05, 0.1) is 6.54 Å². The summed E-state index contributed by atoms with van der Waals surface area (Å²) in [7, 11) is 0. The molecular weight excluding hydrogens is 546 g/mol. The molecule has 0 spiro atoms. The Morgan fingerprint density at radius 1 is 1.12 bits per heavy atom. The number of aliphatic imine (C=N–C) groups is 1. The number of hydrogen-bond acceptors (Lipinski definition) is 4. The van der Waals surface area contributed by atoms with Crippen LogP contribution in [0.3, 0.4) is 0 Å². The quantitative estimate of drug-likeness (QED) is 0.278. The number of likely N-dealkylation sites (tertiary alicyclic amines) is 1. The maximum atomic E-state index is 12.2. The number of ether oxygens (including phenoxy) is 1. The van der Waals surface area contributed by atoms with Crippen LogP contribution in [0.15, 0.2) is 53.7 Å². The smallest absolute Gasteiger partial charge is 0.422 e. The summed E-state index contributed by atoms with van der Waals surface area (Å²) in [4.78, 5) is 11.0. The lowest BCUT2D eigenvalue weighted by molar-refractivity contribution is -0.154. The van der Waals surface area contributed by atoms with Crippen LogP contribution in [-0.2, 0) is 13.1 Å². The summed E-state index contributed by atoms with van der Waals surface area (Å²) in [5.74, 6) is 0.675. The van der Waals surface area contributed by atoms with E-state index in [4.69, 9.17) is 0 Å². The fourth-order valence-electron chi connectivity index (χ4n) is 3.51. The zero-order valence-corrected chi connectivity index (χ0v) is 21.0. The fourth-order valence-corrected chi connectivity index (χ4v) is 3.51. The summed E-state index contributed by atoms with van der Waals surface area (Å²) >= 11 is 0. The van der Waals surface area contributed by atoms with Gasteiger partial charge in [-0.2, -0.15) is 13.2 Å². The molecule has 0 saturated carbocycles. The van der Waals surface area contributed by atoms with Crippen molar-refractivity contribution in [3.8, 4) is 5.88 Å². The summed E-state index contributed by atoms with van der Waals surface area (Å²) in [6, 6.07) is 13.9. The van der Waals surface area contributed by atoms with E-state index in [1.165, 1.54) is 17.8 Å². The molecule has 0 atom stereocenters. The fraction of sp³-hybridized carbons (Fsp3) is 0.478. The van der Waals surface area contributed by atoms with Crippen molar-refractivity contribution < 1.29 is 17.9 Å². The predicted octanol–water partition coefficient (Wildman–Crippen LogP) is 4.36. The van der Waals surface area contributed by atoms with E-state index >= 15 is 0 Å². The first kappa shape index (κ1) is 27.2. The number of alkyl halides is 3. The van der Waals surface area contributed by atoms with Gasteiger partial charge in [-0.05, 0) is 30.9 Å². The van der Waals surface area contributed by atoms with Crippen LogP contribution >= 0.6 is 24.0 Å². The van der Waals surface area contributed by atoms with E-state index in [-0.39, 0.29) is 29.9 Å². The Balaban J connectivity index is 0.00000385. The molecule has 1 aliphatic heterocycles. The summed E-state index contributed by atoms with van der Waals surface area (Å²) in [5, 5.41) is 6.76. The third kappa shape index (κ3) is 10.2. The molecular formula is C23H31F3IN5O. The molecule has 1 aromatic heterocycles. The van der Waals surface area contributed by atoms with Crippen LogP contribution in [0.5, 0.6) is 5.88 Å². The van der Waals surface area contributed by atoms with Crippen LogP contribution in [-0.4, -0.2) is 54.3 Å². The highest BCUT2D eigenvalue weighted by molar-refractivity contribution is 14.0. The molecule has 1 aliphatic rings. The Kier molecular flexibility index (Phi) is 11.2. The topological polar surface area (TPSA) is 61.8 Å². The standard InChI is InChI=1S/C23H30F3N5O.HI/c1-2-27-22(29-15-19-8-9-21(28-14-19)32-17-23(24,25)26)30-20-10-12-31(13-11-20)16-18-6-4-3-5-7-18;/h3-9,14,20H,2,10-13,15-17H2,1H3,(H2,27,29,30);1H. The molecule has 0 bridgehead atoms. The van der Waals surface area contributed by atoms with Crippen molar-refractivity contribution in [2.45, 2.75) is 45.1 Å². The molecule has 2 aromatic rings. The zero-order chi connectivity index (χ0) is 22.8. The van der Waals surface area contributed by atoms with Crippen molar-refractivity contribution in [3.63, 3.8) is 0 Å².